The molecule has 1 N–H and O–H groups in total. The number of rotatable bonds is 7. The van der Waals surface area contributed by atoms with E-state index in [2.05, 4.69) is 34.5 Å². The van der Waals surface area contributed by atoms with Gasteiger partial charge in [0.1, 0.15) is 0 Å². The first-order valence-corrected chi connectivity index (χ1v) is 9.68. The zero-order valence-corrected chi connectivity index (χ0v) is 16.0. The van der Waals surface area contributed by atoms with E-state index < -0.39 is 0 Å². The lowest BCUT2D eigenvalue weighted by molar-refractivity contribution is -0.116. The molecule has 6 heteroatoms. The van der Waals surface area contributed by atoms with Crippen LogP contribution in [0.25, 0.3) is 0 Å². The Kier molecular flexibility index (Phi) is 6.28. The van der Waals surface area contributed by atoms with Crippen LogP contribution >= 0.6 is 11.8 Å². The van der Waals surface area contributed by atoms with E-state index in [1.165, 1.54) is 10.6 Å². The maximum atomic E-state index is 12.2. The Morgan fingerprint density at radius 2 is 1.96 bits per heavy atom. The van der Waals surface area contributed by atoms with E-state index in [0.717, 1.165) is 25.3 Å². The number of methoxy groups -OCH3 is 2. The van der Waals surface area contributed by atoms with Crippen LogP contribution < -0.4 is 19.7 Å². The molecule has 2 aromatic rings. The molecule has 3 rings (SSSR count). The molecule has 0 spiro atoms. The topological polar surface area (TPSA) is 50.8 Å². The van der Waals surface area contributed by atoms with Gasteiger partial charge in [-0.3, -0.25) is 4.79 Å². The van der Waals surface area contributed by atoms with Crippen LogP contribution in [0.1, 0.15) is 12.8 Å². The fourth-order valence-corrected chi connectivity index (χ4v) is 4.08. The molecule has 0 radical (unpaired) electrons. The molecule has 0 bridgehead atoms. The molecule has 0 atom stereocenters. The molecule has 0 unspecified atom stereocenters. The number of benzene rings is 2. The van der Waals surface area contributed by atoms with Gasteiger partial charge in [-0.25, -0.2) is 0 Å². The number of ether oxygens (including phenoxy) is 2. The summed E-state index contributed by atoms with van der Waals surface area (Å²) in [5.74, 6) is 2.35. The molecule has 0 aliphatic carbocycles. The van der Waals surface area contributed by atoms with Crippen LogP contribution in [0.4, 0.5) is 11.4 Å². The smallest absolute Gasteiger partial charge is 0.224 e. The summed E-state index contributed by atoms with van der Waals surface area (Å²) >= 11 is 1.90. The van der Waals surface area contributed by atoms with Crippen molar-refractivity contribution >= 4 is 29.0 Å². The van der Waals surface area contributed by atoms with Crippen LogP contribution in [-0.2, 0) is 4.79 Å². The first-order valence-electron chi connectivity index (χ1n) is 8.70. The van der Waals surface area contributed by atoms with E-state index in [-0.39, 0.29) is 5.91 Å². The normalized spacial score (nSPS) is 13.1. The second-order valence-electron chi connectivity index (χ2n) is 6.02. The summed E-state index contributed by atoms with van der Waals surface area (Å²) in [6, 6.07) is 13.8. The lowest BCUT2D eigenvalue weighted by Crippen LogP contribution is -2.30. The molecule has 0 fully saturated rings. The maximum Gasteiger partial charge on any atom is 0.224 e. The summed E-state index contributed by atoms with van der Waals surface area (Å²) in [6.07, 6.45) is 1.30. The third kappa shape index (κ3) is 4.43. The second kappa shape index (κ2) is 8.85. The molecule has 1 aliphatic heterocycles. The van der Waals surface area contributed by atoms with Crippen molar-refractivity contribution in [3.05, 3.63) is 42.5 Å². The highest BCUT2D eigenvalue weighted by atomic mass is 32.2. The van der Waals surface area contributed by atoms with Gasteiger partial charge in [0.05, 0.1) is 19.9 Å². The zero-order valence-electron chi connectivity index (χ0n) is 15.2. The number of hydrogen-bond donors (Lipinski definition) is 1. The summed E-state index contributed by atoms with van der Waals surface area (Å²) in [5.41, 5.74) is 2.00. The molecule has 138 valence electrons. The van der Waals surface area contributed by atoms with Crippen molar-refractivity contribution in [2.45, 2.75) is 17.7 Å². The third-order valence-corrected chi connectivity index (χ3v) is 5.37. The number of thioether (sulfide) groups is 1. The van der Waals surface area contributed by atoms with Crippen LogP contribution in [-0.4, -0.2) is 39.0 Å². The van der Waals surface area contributed by atoms with Gasteiger partial charge in [0, 0.05) is 41.9 Å². The molecule has 0 saturated carbocycles. The van der Waals surface area contributed by atoms with Gasteiger partial charge in [0.25, 0.3) is 0 Å². The molecule has 0 saturated heterocycles. The average molecular weight is 372 g/mol. The summed E-state index contributed by atoms with van der Waals surface area (Å²) in [4.78, 5) is 15.9. The number of anilines is 2. The number of carbonyl (C=O) groups is 1. The fraction of sp³-hybridized carbons (Fsp3) is 0.350. The number of fused-ring (bicyclic) bond motifs is 1. The standard InChI is InChI=1S/C20H24N2O3S/c1-24-17-10-9-15(14-18(17)25-2)21-20(23)8-5-11-22-12-13-26-19-7-4-3-6-16(19)22/h3-4,6-7,9-10,14H,5,8,11-13H2,1-2H3,(H,21,23). The highest BCUT2D eigenvalue weighted by Gasteiger charge is 2.16. The van der Waals surface area contributed by atoms with Crippen molar-refractivity contribution in [1.29, 1.82) is 0 Å². The molecule has 2 aromatic carbocycles. The van der Waals surface area contributed by atoms with Gasteiger partial charge in [0.2, 0.25) is 5.91 Å². The number of carbonyl (C=O) groups excluding carboxylic acids is 1. The summed E-state index contributed by atoms with van der Waals surface area (Å²) in [7, 11) is 3.17. The molecule has 1 amide bonds. The maximum absolute atomic E-state index is 12.2. The van der Waals surface area contributed by atoms with Crippen LogP contribution in [0.5, 0.6) is 11.5 Å². The average Bonchev–Trinajstić information content (AvgIpc) is 2.68. The number of hydrogen-bond acceptors (Lipinski definition) is 5. The first kappa shape index (κ1) is 18.5. The highest BCUT2D eigenvalue weighted by molar-refractivity contribution is 7.99. The van der Waals surface area contributed by atoms with E-state index in [0.29, 0.717) is 23.6 Å². The van der Waals surface area contributed by atoms with E-state index in [9.17, 15) is 4.79 Å². The summed E-state index contributed by atoms with van der Waals surface area (Å²) < 4.78 is 10.5. The molecule has 1 aliphatic rings. The number of nitrogens with zero attached hydrogens (tertiary/aromatic N) is 1. The fourth-order valence-electron chi connectivity index (χ4n) is 3.03. The minimum atomic E-state index is 0.0110. The second-order valence-corrected chi connectivity index (χ2v) is 7.16. The number of amides is 1. The van der Waals surface area contributed by atoms with Gasteiger partial charge < -0.3 is 19.7 Å². The van der Waals surface area contributed by atoms with Crippen LogP contribution in [0.3, 0.4) is 0 Å². The third-order valence-electron chi connectivity index (χ3n) is 4.32. The van der Waals surface area contributed by atoms with Gasteiger partial charge in [-0.15, -0.1) is 11.8 Å². The van der Waals surface area contributed by atoms with Crippen LogP contribution in [0, 0.1) is 0 Å². The monoisotopic (exact) mass is 372 g/mol. The minimum Gasteiger partial charge on any atom is -0.493 e. The van der Waals surface area contributed by atoms with Crippen molar-refractivity contribution in [3.8, 4) is 11.5 Å². The summed E-state index contributed by atoms with van der Waals surface area (Å²) in [5, 5.41) is 2.93. The number of para-hydroxylation sites is 1. The zero-order chi connectivity index (χ0) is 18.4. The predicted molar refractivity (Wildman–Crippen MR) is 107 cm³/mol. The quantitative estimate of drug-likeness (QED) is 0.795. The molecule has 26 heavy (non-hydrogen) atoms. The molecule has 0 aromatic heterocycles. The van der Waals surface area contributed by atoms with E-state index in [1.807, 2.05) is 17.8 Å². The molecular formula is C20H24N2O3S. The number of nitrogens with one attached hydrogen (secondary N) is 1. The van der Waals surface area contributed by atoms with E-state index in [4.69, 9.17) is 9.47 Å². The first-order chi connectivity index (χ1) is 12.7. The highest BCUT2D eigenvalue weighted by Crippen LogP contribution is 2.34. The lowest BCUT2D eigenvalue weighted by Gasteiger charge is -2.30. The van der Waals surface area contributed by atoms with E-state index in [1.54, 1.807) is 26.4 Å². The Hall–Kier alpha value is -2.34. The van der Waals surface area contributed by atoms with Gasteiger partial charge >= 0.3 is 0 Å². The van der Waals surface area contributed by atoms with Gasteiger partial charge in [-0.05, 0) is 30.7 Å². The SMILES string of the molecule is COc1ccc(NC(=O)CCCN2CCSc3ccccc32)cc1OC. The van der Waals surface area contributed by atoms with Crippen LogP contribution in [0.15, 0.2) is 47.4 Å². The Morgan fingerprint density at radius 1 is 1.15 bits per heavy atom. The Labute approximate surface area is 158 Å². The predicted octanol–water partition coefficient (Wildman–Crippen LogP) is 4.03. The van der Waals surface area contributed by atoms with Crippen molar-refractivity contribution in [3.63, 3.8) is 0 Å². The Bertz CT molecular complexity index is 766. The molecule has 5 nitrogen and oxygen atoms in total. The van der Waals surface area contributed by atoms with Crippen molar-refractivity contribution in [1.82, 2.24) is 0 Å². The van der Waals surface area contributed by atoms with Crippen molar-refractivity contribution < 1.29 is 14.3 Å². The molecule has 1 heterocycles. The van der Waals surface area contributed by atoms with Gasteiger partial charge in [0.15, 0.2) is 11.5 Å². The van der Waals surface area contributed by atoms with E-state index >= 15 is 0 Å². The van der Waals surface area contributed by atoms with Gasteiger partial charge in [-0.1, -0.05) is 12.1 Å². The minimum absolute atomic E-state index is 0.0110. The lowest BCUT2D eigenvalue weighted by atomic mass is 10.2. The largest absolute Gasteiger partial charge is 0.493 e. The van der Waals surface area contributed by atoms with Crippen LogP contribution in [0.2, 0.25) is 0 Å². The van der Waals surface area contributed by atoms with Crippen molar-refractivity contribution in [2.75, 3.05) is 43.3 Å². The molecular weight excluding hydrogens is 348 g/mol. The van der Waals surface area contributed by atoms with Crippen molar-refractivity contribution in [2.24, 2.45) is 0 Å². The summed E-state index contributed by atoms with van der Waals surface area (Å²) in [6.45, 7) is 1.91. The van der Waals surface area contributed by atoms with Gasteiger partial charge in [-0.2, -0.15) is 0 Å². The Morgan fingerprint density at radius 3 is 2.77 bits per heavy atom. The Balaban J connectivity index is 1.51.